The second-order valence-corrected chi connectivity index (χ2v) is 6.35. The summed E-state index contributed by atoms with van der Waals surface area (Å²) in [5, 5.41) is 11.9. The molecule has 1 aromatic heterocycles. The molecule has 1 amide bonds. The second-order valence-electron chi connectivity index (χ2n) is 4.99. The van der Waals surface area contributed by atoms with E-state index >= 15 is 0 Å². The first kappa shape index (κ1) is 13.9. The molecule has 1 aliphatic heterocycles. The Morgan fingerprint density at radius 1 is 1.29 bits per heavy atom. The number of thioether (sulfide) groups is 1. The van der Waals surface area contributed by atoms with Gasteiger partial charge in [-0.05, 0) is 42.8 Å². The van der Waals surface area contributed by atoms with E-state index < -0.39 is 0 Å². The van der Waals surface area contributed by atoms with Gasteiger partial charge in [-0.1, -0.05) is 18.2 Å². The van der Waals surface area contributed by atoms with Crippen LogP contribution in [-0.2, 0) is 11.2 Å². The average molecular weight is 300 g/mol. The third kappa shape index (κ3) is 2.74. The van der Waals surface area contributed by atoms with Gasteiger partial charge in [-0.3, -0.25) is 4.79 Å². The van der Waals surface area contributed by atoms with Crippen LogP contribution in [-0.4, -0.2) is 17.7 Å². The Bertz CT molecular complexity index is 675. The maximum Gasteiger partial charge on any atom is 0.252 e. The molecule has 0 aliphatic carbocycles. The number of carbonyl (C=O) groups excluding carboxylic acids is 1. The van der Waals surface area contributed by atoms with E-state index in [9.17, 15) is 10.0 Å². The molecule has 0 fully saturated rings. The molecule has 1 aromatic carbocycles. The minimum Gasteiger partial charge on any atom is -0.618 e. The minimum atomic E-state index is -0.293. The number of amides is 1. The number of fused-ring (bicyclic) bond motifs is 1. The molecular formula is C16H16N2O2S. The number of benzene rings is 1. The molecule has 4 nitrogen and oxygen atoms in total. The van der Waals surface area contributed by atoms with Crippen molar-refractivity contribution in [3.63, 3.8) is 0 Å². The summed E-state index contributed by atoms with van der Waals surface area (Å²) in [4.78, 5) is 14.4. The number of nitrogens with zero attached hydrogens (tertiary/aromatic N) is 2. The Labute approximate surface area is 128 Å². The zero-order valence-corrected chi connectivity index (χ0v) is 12.5. The fourth-order valence-corrected chi connectivity index (χ4v) is 3.43. The molecule has 0 bridgehead atoms. The monoisotopic (exact) mass is 300 g/mol. The minimum absolute atomic E-state index is 0.0498. The average Bonchev–Trinajstić information content (AvgIpc) is 2.92. The summed E-state index contributed by atoms with van der Waals surface area (Å²) in [7, 11) is 0. The third-order valence-corrected chi connectivity index (χ3v) is 4.70. The molecule has 1 atom stereocenters. The lowest BCUT2D eigenvalue weighted by molar-refractivity contribution is -0.645. The lowest BCUT2D eigenvalue weighted by Gasteiger charge is -2.20. The highest BCUT2D eigenvalue weighted by Gasteiger charge is 2.29. The van der Waals surface area contributed by atoms with Crippen molar-refractivity contribution in [3.8, 4) is 0 Å². The van der Waals surface area contributed by atoms with Crippen LogP contribution in [0.25, 0.3) is 0 Å². The second kappa shape index (κ2) is 5.77. The number of aromatic nitrogens is 1. The highest BCUT2D eigenvalue weighted by atomic mass is 32.2. The summed E-state index contributed by atoms with van der Waals surface area (Å²) in [6.07, 6.45) is 2.34. The van der Waals surface area contributed by atoms with Gasteiger partial charge < -0.3 is 10.1 Å². The normalized spacial score (nSPS) is 14.8. The first-order valence-electron chi connectivity index (χ1n) is 6.91. The van der Waals surface area contributed by atoms with Gasteiger partial charge >= 0.3 is 0 Å². The topological polar surface area (TPSA) is 47.2 Å². The molecule has 21 heavy (non-hydrogen) atoms. The number of hydrogen-bond acceptors (Lipinski definition) is 3. The van der Waals surface area contributed by atoms with Gasteiger partial charge in [0.05, 0.1) is 5.25 Å². The highest BCUT2D eigenvalue weighted by Crippen LogP contribution is 2.30. The van der Waals surface area contributed by atoms with Crippen molar-refractivity contribution in [3.05, 3.63) is 59.4 Å². The van der Waals surface area contributed by atoms with Crippen molar-refractivity contribution >= 4 is 23.4 Å². The maximum absolute atomic E-state index is 12.6. The third-order valence-electron chi connectivity index (χ3n) is 3.59. The molecule has 0 saturated carbocycles. The zero-order valence-electron chi connectivity index (χ0n) is 11.7. The first-order chi connectivity index (χ1) is 10.2. The Hall–Kier alpha value is -2.01. The fraction of sp³-hybridized carbons (Fsp3) is 0.250. The Kier molecular flexibility index (Phi) is 3.84. The summed E-state index contributed by atoms with van der Waals surface area (Å²) >= 11 is 1.30. The van der Waals surface area contributed by atoms with Gasteiger partial charge in [0.1, 0.15) is 0 Å². The summed E-state index contributed by atoms with van der Waals surface area (Å²) in [5.74, 6) is 0.0498. The van der Waals surface area contributed by atoms with E-state index in [-0.39, 0.29) is 11.2 Å². The number of pyridine rings is 1. The zero-order chi connectivity index (χ0) is 14.8. The smallest absolute Gasteiger partial charge is 0.252 e. The number of hydrogen-bond donors (Lipinski definition) is 0. The van der Waals surface area contributed by atoms with Gasteiger partial charge in [0.25, 0.3) is 5.03 Å². The Morgan fingerprint density at radius 2 is 2.05 bits per heavy atom. The van der Waals surface area contributed by atoms with Crippen molar-refractivity contribution in [2.24, 2.45) is 0 Å². The van der Waals surface area contributed by atoms with Gasteiger partial charge in [0.2, 0.25) is 5.91 Å². The quantitative estimate of drug-likeness (QED) is 0.497. The van der Waals surface area contributed by atoms with Crippen molar-refractivity contribution in [2.45, 2.75) is 23.6 Å². The lowest BCUT2D eigenvalue weighted by atomic mass is 10.2. The predicted molar refractivity (Wildman–Crippen MR) is 83.2 cm³/mol. The van der Waals surface area contributed by atoms with Crippen LogP contribution in [0.4, 0.5) is 5.69 Å². The fourth-order valence-electron chi connectivity index (χ4n) is 2.52. The molecule has 1 aliphatic rings. The molecule has 0 saturated heterocycles. The van der Waals surface area contributed by atoms with Crippen LogP contribution in [0.1, 0.15) is 12.5 Å². The number of anilines is 1. The Morgan fingerprint density at radius 3 is 2.86 bits per heavy atom. The maximum atomic E-state index is 12.6. The highest BCUT2D eigenvalue weighted by molar-refractivity contribution is 8.00. The van der Waals surface area contributed by atoms with Gasteiger partial charge in [-0.25, -0.2) is 0 Å². The molecule has 3 rings (SSSR count). The van der Waals surface area contributed by atoms with E-state index in [0.29, 0.717) is 5.03 Å². The van der Waals surface area contributed by atoms with E-state index in [1.54, 1.807) is 18.2 Å². The van der Waals surface area contributed by atoms with Gasteiger partial charge in [-0.15, -0.1) is 0 Å². The molecule has 108 valence electrons. The van der Waals surface area contributed by atoms with E-state index in [1.807, 2.05) is 30.0 Å². The SMILES string of the molecule is C[C@@H](Sc1cccc[n+]1[O-])C(=O)N1CCc2ccccc21. The summed E-state index contributed by atoms with van der Waals surface area (Å²) in [6.45, 7) is 2.57. The number of rotatable bonds is 3. The van der Waals surface area contributed by atoms with Gasteiger partial charge in [0, 0.05) is 24.4 Å². The van der Waals surface area contributed by atoms with Crippen molar-refractivity contribution in [2.75, 3.05) is 11.4 Å². The summed E-state index contributed by atoms with van der Waals surface area (Å²) < 4.78 is 0.798. The molecule has 0 unspecified atom stereocenters. The van der Waals surface area contributed by atoms with Crippen molar-refractivity contribution in [1.82, 2.24) is 0 Å². The lowest BCUT2D eigenvalue weighted by Crippen LogP contribution is -2.36. The molecule has 5 heteroatoms. The molecule has 0 spiro atoms. The van der Waals surface area contributed by atoms with Crippen LogP contribution in [0.3, 0.4) is 0 Å². The predicted octanol–water partition coefficient (Wildman–Crippen LogP) is 2.39. The van der Waals surface area contributed by atoms with Crippen LogP contribution in [0, 0.1) is 5.21 Å². The standard InChI is InChI=1S/C16H16N2O2S/c1-12(21-15-8-4-5-10-18(15)20)16(19)17-11-9-13-6-2-3-7-14(13)17/h2-8,10,12H,9,11H2,1H3/t12-/m1/s1. The number of para-hydroxylation sites is 1. The van der Waals surface area contributed by atoms with E-state index in [2.05, 4.69) is 6.07 Å². The van der Waals surface area contributed by atoms with Crippen LogP contribution >= 0.6 is 11.8 Å². The molecule has 0 radical (unpaired) electrons. The van der Waals surface area contributed by atoms with Crippen molar-refractivity contribution in [1.29, 1.82) is 0 Å². The van der Waals surface area contributed by atoms with E-state index in [0.717, 1.165) is 23.4 Å². The molecule has 2 heterocycles. The summed E-state index contributed by atoms with van der Waals surface area (Å²) in [6, 6.07) is 13.2. The van der Waals surface area contributed by atoms with E-state index in [4.69, 9.17) is 0 Å². The molecule has 2 aromatic rings. The van der Waals surface area contributed by atoms with Gasteiger partial charge in [0.15, 0.2) is 6.20 Å². The van der Waals surface area contributed by atoms with Crippen molar-refractivity contribution < 1.29 is 9.52 Å². The van der Waals surface area contributed by atoms with Gasteiger partial charge in [-0.2, -0.15) is 4.73 Å². The largest absolute Gasteiger partial charge is 0.618 e. The number of carbonyl (C=O) groups is 1. The molecule has 0 N–H and O–H groups in total. The van der Waals surface area contributed by atoms with E-state index in [1.165, 1.54) is 23.5 Å². The van der Waals surface area contributed by atoms with Crippen LogP contribution in [0.15, 0.2) is 53.7 Å². The summed E-state index contributed by atoms with van der Waals surface area (Å²) in [5.41, 5.74) is 2.21. The van der Waals surface area contributed by atoms with Crippen LogP contribution in [0.5, 0.6) is 0 Å². The van der Waals surface area contributed by atoms with Crippen LogP contribution < -0.4 is 9.63 Å². The Balaban J connectivity index is 1.76. The van der Waals surface area contributed by atoms with Crippen LogP contribution in [0.2, 0.25) is 0 Å². The molecular weight excluding hydrogens is 284 g/mol. The first-order valence-corrected chi connectivity index (χ1v) is 7.79.